The molecule has 1 fully saturated rings. The molecule has 0 spiro atoms. The summed E-state index contributed by atoms with van der Waals surface area (Å²) in [6, 6.07) is 11.0. The lowest BCUT2D eigenvalue weighted by Gasteiger charge is -2.31. The van der Waals surface area contributed by atoms with Crippen molar-refractivity contribution in [1.82, 2.24) is 4.31 Å². The molecule has 7 heteroatoms. The van der Waals surface area contributed by atoms with Crippen LogP contribution in [-0.2, 0) is 10.0 Å². The zero-order valence-electron chi connectivity index (χ0n) is 13.8. The molecular formula is C18H19ClFNO3S. The lowest BCUT2D eigenvalue weighted by molar-refractivity contribution is 0.135. The standard InChI is InChI=1S/C18H19ClFNO3S/c1-13-11-17(5-6-18(13)20)25(22,23)21-9-7-15(8-10-21)24-16-4-2-3-14(19)12-16/h2-6,11-12,15H,7-10H2,1H3. The second-order valence-corrected chi connectivity index (χ2v) is 8.46. The molecule has 0 atom stereocenters. The zero-order chi connectivity index (χ0) is 18.0. The smallest absolute Gasteiger partial charge is 0.243 e. The van der Waals surface area contributed by atoms with E-state index in [1.165, 1.54) is 22.5 Å². The van der Waals surface area contributed by atoms with Gasteiger partial charge in [-0.2, -0.15) is 4.31 Å². The molecule has 1 aliphatic heterocycles. The third-order valence-electron chi connectivity index (χ3n) is 4.27. The van der Waals surface area contributed by atoms with Crippen molar-refractivity contribution in [3.63, 3.8) is 0 Å². The summed E-state index contributed by atoms with van der Waals surface area (Å²) >= 11 is 5.94. The van der Waals surface area contributed by atoms with Gasteiger partial charge in [-0.25, -0.2) is 12.8 Å². The van der Waals surface area contributed by atoms with Crippen LogP contribution in [0.3, 0.4) is 0 Å². The summed E-state index contributed by atoms with van der Waals surface area (Å²) < 4.78 is 46.1. The van der Waals surface area contributed by atoms with Gasteiger partial charge in [-0.3, -0.25) is 0 Å². The van der Waals surface area contributed by atoms with Crippen molar-refractivity contribution in [2.45, 2.75) is 30.8 Å². The lowest BCUT2D eigenvalue weighted by atomic mass is 10.1. The zero-order valence-corrected chi connectivity index (χ0v) is 15.4. The number of nitrogens with zero attached hydrogens (tertiary/aromatic N) is 1. The fourth-order valence-corrected chi connectivity index (χ4v) is 4.59. The van der Waals surface area contributed by atoms with Gasteiger partial charge in [0.2, 0.25) is 10.0 Å². The van der Waals surface area contributed by atoms with Gasteiger partial charge in [0.05, 0.1) is 4.90 Å². The first kappa shape index (κ1) is 18.2. The molecule has 4 nitrogen and oxygen atoms in total. The predicted molar refractivity (Wildman–Crippen MR) is 95.0 cm³/mol. The number of sulfonamides is 1. The highest BCUT2D eigenvalue weighted by atomic mass is 35.5. The van der Waals surface area contributed by atoms with Crippen LogP contribution in [0.15, 0.2) is 47.4 Å². The molecule has 1 aliphatic rings. The average Bonchev–Trinajstić information content (AvgIpc) is 2.58. The first-order valence-electron chi connectivity index (χ1n) is 8.05. The van der Waals surface area contributed by atoms with E-state index >= 15 is 0 Å². The van der Waals surface area contributed by atoms with Crippen LogP contribution < -0.4 is 4.74 Å². The van der Waals surface area contributed by atoms with Crippen LogP contribution in [0.25, 0.3) is 0 Å². The third kappa shape index (κ3) is 4.14. The number of hydrogen-bond acceptors (Lipinski definition) is 3. The molecule has 134 valence electrons. The van der Waals surface area contributed by atoms with E-state index < -0.39 is 15.8 Å². The molecule has 2 aromatic rings. The second-order valence-electron chi connectivity index (χ2n) is 6.09. The summed E-state index contributed by atoms with van der Waals surface area (Å²) in [5, 5.41) is 0.601. The van der Waals surface area contributed by atoms with Crippen LogP contribution >= 0.6 is 11.6 Å². The van der Waals surface area contributed by atoms with Gasteiger partial charge >= 0.3 is 0 Å². The maximum absolute atomic E-state index is 13.4. The summed E-state index contributed by atoms with van der Waals surface area (Å²) in [5.41, 5.74) is 0.320. The number of benzene rings is 2. The first-order valence-corrected chi connectivity index (χ1v) is 9.86. The van der Waals surface area contributed by atoms with E-state index in [0.29, 0.717) is 42.3 Å². The first-order chi connectivity index (χ1) is 11.9. The number of halogens is 2. The molecule has 25 heavy (non-hydrogen) atoms. The van der Waals surface area contributed by atoms with E-state index in [-0.39, 0.29) is 11.0 Å². The van der Waals surface area contributed by atoms with E-state index in [4.69, 9.17) is 16.3 Å². The Hall–Kier alpha value is -1.63. The molecule has 0 aliphatic carbocycles. The molecular weight excluding hydrogens is 365 g/mol. The Bertz CT molecular complexity index is 864. The Balaban J connectivity index is 1.66. The highest BCUT2D eigenvalue weighted by Gasteiger charge is 2.30. The molecule has 1 saturated heterocycles. The molecule has 3 rings (SSSR count). The van der Waals surface area contributed by atoms with Gasteiger partial charge in [0.1, 0.15) is 17.7 Å². The lowest BCUT2D eigenvalue weighted by Crippen LogP contribution is -2.41. The molecule has 0 N–H and O–H groups in total. The topological polar surface area (TPSA) is 46.6 Å². The predicted octanol–water partition coefficient (Wildman–Crippen LogP) is 4.02. The molecule has 2 aromatic carbocycles. The van der Waals surface area contributed by atoms with Crippen molar-refractivity contribution in [3.05, 3.63) is 58.9 Å². The molecule has 0 radical (unpaired) electrons. The summed E-state index contributed by atoms with van der Waals surface area (Å²) in [6.07, 6.45) is 1.12. The highest BCUT2D eigenvalue weighted by molar-refractivity contribution is 7.89. The second kappa shape index (κ2) is 7.32. The molecule has 0 amide bonds. The monoisotopic (exact) mass is 383 g/mol. The minimum absolute atomic E-state index is 0.0557. The van der Waals surface area contributed by atoms with Gasteiger partial charge in [0, 0.05) is 18.1 Å². The van der Waals surface area contributed by atoms with Gasteiger partial charge in [-0.1, -0.05) is 17.7 Å². The van der Waals surface area contributed by atoms with Crippen molar-refractivity contribution in [2.24, 2.45) is 0 Å². The summed E-state index contributed by atoms with van der Waals surface area (Å²) in [7, 11) is -3.61. The van der Waals surface area contributed by atoms with Gasteiger partial charge in [-0.05, 0) is 61.7 Å². The summed E-state index contributed by atoms with van der Waals surface area (Å²) in [6.45, 7) is 2.29. The number of ether oxygens (including phenoxy) is 1. The molecule has 1 heterocycles. The summed E-state index contributed by atoms with van der Waals surface area (Å²) in [4.78, 5) is 0.126. The van der Waals surface area contributed by atoms with Crippen LogP contribution in [0.5, 0.6) is 5.75 Å². The van der Waals surface area contributed by atoms with Crippen LogP contribution in [0.4, 0.5) is 4.39 Å². The molecule has 0 bridgehead atoms. The van der Waals surface area contributed by atoms with Crippen molar-refractivity contribution >= 4 is 21.6 Å². The number of piperidine rings is 1. The Kier molecular flexibility index (Phi) is 5.32. The van der Waals surface area contributed by atoms with Crippen molar-refractivity contribution in [2.75, 3.05) is 13.1 Å². The van der Waals surface area contributed by atoms with E-state index in [9.17, 15) is 12.8 Å². The largest absolute Gasteiger partial charge is 0.490 e. The van der Waals surface area contributed by atoms with Crippen molar-refractivity contribution < 1.29 is 17.5 Å². The Morgan fingerprint density at radius 1 is 1.16 bits per heavy atom. The van der Waals surface area contributed by atoms with E-state index in [0.717, 1.165) is 0 Å². The van der Waals surface area contributed by atoms with E-state index in [1.54, 1.807) is 19.1 Å². The van der Waals surface area contributed by atoms with Gasteiger partial charge < -0.3 is 4.74 Å². The van der Waals surface area contributed by atoms with Crippen LogP contribution in [0.1, 0.15) is 18.4 Å². The molecule has 0 saturated carbocycles. The Labute approximate surface area is 152 Å². The molecule has 0 aromatic heterocycles. The minimum Gasteiger partial charge on any atom is -0.490 e. The van der Waals surface area contributed by atoms with Crippen LogP contribution in [0.2, 0.25) is 5.02 Å². The Morgan fingerprint density at radius 3 is 2.52 bits per heavy atom. The molecule has 0 unspecified atom stereocenters. The van der Waals surface area contributed by atoms with Crippen LogP contribution in [0, 0.1) is 12.7 Å². The van der Waals surface area contributed by atoms with Gasteiger partial charge in [-0.15, -0.1) is 0 Å². The minimum atomic E-state index is -3.61. The number of aryl methyl sites for hydroxylation is 1. The van der Waals surface area contributed by atoms with Crippen LogP contribution in [-0.4, -0.2) is 31.9 Å². The number of rotatable bonds is 4. The Morgan fingerprint density at radius 2 is 1.88 bits per heavy atom. The maximum atomic E-state index is 13.4. The average molecular weight is 384 g/mol. The normalized spacial score (nSPS) is 16.8. The fraction of sp³-hybridized carbons (Fsp3) is 0.333. The van der Waals surface area contributed by atoms with E-state index in [1.807, 2.05) is 12.1 Å². The SMILES string of the molecule is Cc1cc(S(=O)(=O)N2CCC(Oc3cccc(Cl)c3)CC2)ccc1F. The number of hydrogen-bond donors (Lipinski definition) is 0. The maximum Gasteiger partial charge on any atom is 0.243 e. The van der Waals surface area contributed by atoms with E-state index in [2.05, 4.69) is 0 Å². The third-order valence-corrected chi connectivity index (χ3v) is 6.40. The fourth-order valence-electron chi connectivity index (χ4n) is 2.85. The van der Waals surface area contributed by atoms with Gasteiger partial charge in [0.15, 0.2) is 0 Å². The van der Waals surface area contributed by atoms with Crippen molar-refractivity contribution in [1.29, 1.82) is 0 Å². The summed E-state index contributed by atoms with van der Waals surface area (Å²) in [5.74, 6) is 0.274. The van der Waals surface area contributed by atoms with Gasteiger partial charge in [0.25, 0.3) is 0 Å². The van der Waals surface area contributed by atoms with Crippen molar-refractivity contribution in [3.8, 4) is 5.75 Å². The quantitative estimate of drug-likeness (QED) is 0.801. The highest BCUT2D eigenvalue weighted by Crippen LogP contribution is 2.25.